The minimum atomic E-state index is -3.67. The molecule has 1 aromatic heterocycles. The van der Waals surface area contributed by atoms with Gasteiger partial charge in [0.1, 0.15) is 4.90 Å². The Kier molecular flexibility index (Phi) is 3.31. The Hall–Kier alpha value is -2.40. The number of hydrogen-bond donors (Lipinski definition) is 1. The molecule has 1 aliphatic rings. The van der Waals surface area contributed by atoms with Crippen LogP contribution in [0, 0.1) is 0 Å². The number of aromatic nitrogens is 1. The van der Waals surface area contributed by atoms with Gasteiger partial charge in [0.15, 0.2) is 0 Å². The van der Waals surface area contributed by atoms with Crippen molar-refractivity contribution in [2.24, 2.45) is 0 Å². The molecule has 0 saturated heterocycles. The number of fused-ring (bicyclic) bond motifs is 2. The van der Waals surface area contributed by atoms with Crippen LogP contribution in [0.4, 0.5) is 5.69 Å². The maximum absolute atomic E-state index is 12.8. The number of nitrogens with zero attached hydrogens (tertiary/aromatic N) is 1. The van der Waals surface area contributed by atoms with Gasteiger partial charge in [-0.3, -0.25) is 9.71 Å². The third kappa shape index (κ3) is 2.57. The second kappa shape index (κ2) is 5.35. The molecule has 116 valence electrons. The first-order valence-electron chi connectivity index (χ1n) is 7.62. The second-order valence-corrected chi connectivity index (χ2v) is 7.42. The molecule has 0 spiro atoms. The fourth-order valence-corrected chi connectivity index (χ4v) is 4.37. The lowest BCUT2D eigenvalue weighted by Crippen LogP contribution is -2.14. The summed E-state index contributed by atoms with van der Waals surface area (Å²) in [6, 6.07) is 14.6. The van der Waals surface area contributed by atoms with E-state index in [9.17, 15) is 8.42 Å². The molecule has 23 heavy (non-hydrogen) atoms. The number of sulfonamides is 1. The molecule has 0 saturated carbocycles. The van der Waals surface area contributed by atoms with E-state index in [1.165, 1.54) is 11.1 Å². The number of hydrogen-bond acceptors (Lipinski definition) is 3. The topological polar surface area (TPSA) is 59.1 Å². The Morgan fingerprint density at radius 1 is 0.957 bits per heavy atom. The van der Waals surface area contributed by atoms with E-state index in [1.807, 2.05) is 30.3 Å². The Morgan fingerprint density at radius 3 is 2.70 bits per heavy atom. The Morgan fingerprint density at radius 2 is 1.78 bits per heavy atom. The highest BCUT2D eigenvalue weighted by Crippen LogP contribution is 2.27. The number of rotatable bonds is 3. The summed E-state index contributed by atoms with van der Waals surface area (Å²) in [7, 11) is -3.67. The van der Waals surface area contributed by atoms with Crippen LogP contribution >= 0.6 is 0 Å². The molecule has 0 atom stereocenters. The van der Waals surface area contributed by atoms with E-state index in [0.29, 0.717) is 11.2 Å². The van der Waals surface area contributed by atoms with Crippen LogP contribution in [0.3, 0.4) is 0 Å². The quantitative estimate of drug-likeness (QED) is 0.802. The molecule has 5 heteroatoms. The van der Waals surface area contributed by atoms with Gasteiger partial charge in [-0.1, -0.05) is 24.3 Å². The molecular formula is C18H16N2O2S. The minimum Gasteiger partial charge on any atom is -0.280 e. The molecule has 4 rings (SSSR count). The standard InChI is InChI=1S/C18H16N2O2S/c21-23(22,17-8-2-5-14-7-3-11-19-18(14)17)20-16-10-9-13-4-1-6-15(13)12-16/h2-3,5,7-12,20H,1,4,6H2. The van der Waals surface area contributed by atoms with Crippen LogP contribution in [0.5, 0.6) is 0 Å². The molecule has 0 radical (unpaired) electrons. The fourth-order valence-electron chi connectivity index (χ4n) is 3.14. The molecule has 0 aliphatic heterocycles. The van der Waals surface area contributed by atoms with Crippen molar-refractivity contribution < 1.29 is 8.42 Å². The molecule has 1 heterocycles. The number of nitrogens with one attached hydrogen (secondary N) is 1. The van der Waals surface area contributed by atoms with Crippen molar-refractivity contribution in [1.82, 2.24) is 4.98 Å². The zero-order valence-corrected chi connectivity index (χ0v) is 13.3. The van der Waals surface area contributed by atoms with Gasteiger partial charge in [-0.25, -0.2) is 8.42 Å². The molecule has 0 bridgehead atoms. The fraction of sp³-hybridized carbons (Fsp3) is 0.167. The van der Waals surface area contributed by atoms with E-state index in [4.69, 9.17) is 0 Å². The van der Waals surface area contributed by atoms with Gasteiger partial charge in [-0.2, -0.15) is 0 Å². The monoisotopic (exact) mass is 324 g/mol. The summed E-state index contributed by atoms with van der Waals surface area (Å²) in [4.78, 5) is 4.43. The Bertz CT molecular complexity index is 992. The number of aryl methyl sites for hydroxylation is 2. The highest BCUT2D eigenvalue weighted by molar-refractivity contribution is 7.93. The van der Waals surface area contributed by atoms with Gasteiger partial charge in [-0.05, 0) is 54.7 Å². The first-order chi connectivity index (χ1) is 11.1. The van der Waals surface area contributed by atoms with E-state index in [0.717, 1.165) is 24.6 Å². The van der Waals surface area contributed by atoms with Crippen molar-refractivity contribution in [3.63, 3.8) is 0 Å². The molecule has 2 aromatic carbocycles. The maximum Gasteiger partial charge on any atom is 0.264 e. The van der Waals surface area contributed by atoms with Gasteiger partial charge in [-0.15, -0.1) is 0 Å². The number of pyridine rings is 1. The van der Waals surface area contributed by atoms with Crippen LogP contribution in [-0.4, -0.2) is 13.4 Å². The molecule has 1 aliphatic carbocycles. The summed E-state index contributed by atoms with van der Waals surface area (Å²) in [5.41, 5.74) is 3.66. The van der Waals surface area contributed by atoms with Crippen LogP contribution in [0.15, 0.2) is 59.6 Å². The zero-order valence-electron chi connectivity index (χ0n) is 12.5. The smallest absolute Gasteiger partial charge is 0.264 e. The lowest BCUT2D eigenvalue weighted by Gasteiger charge is -2.11. The highest BCUT2D eigenvalue weighted by Gasteiger charge is 2.19. The van der Waals surface area contributed by atoms with E-state index in [2.05, 4.69) is 9.71 Å². The van der Waals surface area contributed by atoms with E-state index in [1.54, 1.807) is 24.4 Å². The number of anilines is 1. The van der Waals surface area contributed by atoms with Crippen molar-refractivity contribution in [3.8, 4) is 0 Å². The first-order valence-corrected chi connectivity index (χ1v) is 9.10. The SMILES string of the molecule is O=S(=O)(Nc1ccc2c(c1)CCC2)c1cccc2cccnc12. The van der Waals surface area contributed by atoms with Crippen molar-refractivity contribution in [1.29, 1.82) is 0 Å². The maximum atomic E-state index is 12.8. The van der Waals surface area contributed by atoms with E-state index < -0.39 is 10.0 Å². The van der Waals surface area contributed by atoms with Crippen LogP contribution in [-0.2, 0) is 22.9 Å². The molecule has 0 unspecified atom stereocenters. The highest BCUT2D eigenvalue weighted by atomic mass is 32.2. The van der Waals surface area contributed by atoms with Crippen LogP contribution in [0.1, 0.15) is 17.5 Å². The largest absolute Gasteiger partial charge is 0.280 e. The minimum absolute atomic E-state index is 0.205. The predicted octanol–water partition coefficient (Wildman–Crippen LogP) is 3.52. The van der Waals surface area contributed by atoms with Crippen molar-refractivity contribution in [2.75, 3.05) is 4.72 Å². The summed E-state index contributed by atoms with van der Waals surface area (Å²) < 4.78 is 28.2. The number of benzene rings is 2. The second-order valence-electron chi connectivity index (χ2n) is 5.77. The summed E-state index contributed by atoms with van der Waals surface area (Å²) in [5, 5.41) is 0.810. The van der Waals surface area contributed by atoms with Gasteiger partial charge >= 0.3 is 0 Å². The summed E-state index contributed by atoms with van der Waals surface area (Å²) >= 11 is 0. The Balaban J connectivity index is 1.75. The first kappa shape index (κ1) is 14.2. The predicted molar refractivity (Wildman–Crippen MR) is 91.0 cm³/mol. The molecule has 0 fully saturated rings. The Labute approximate surface area is 135 Å². The third-order valence-electron chi connectivity index (χ3n) is 4.24. The van der Waals surface area contributed by atoms with Gasteiger partial charge < -0.3 is 0 Å². The van der Waals surface area contributed by atoms with Crippen molar-refractivity contribution in [3.05, 3.63) is 65.9 Å². The van der Waals surface area contributed by atoms with Crippen molar-refractivity contribution >= 4 is 26.6 Å². The average Bonchev–Trinajstić information content (AvgIpc) is 3.01. The van der Waals surface area contributed by atoms with Crippen LogP contribution in [0.25, 0.3) is 10.9 Å². The van der Waals surface area contributed by atoms with Gasteiger partial charge in [0.05, 0.1) is 5.52 Å². The average molecular weight is 324 g/mol. The zero-order chi connectivity index (χ0) is 15.9. The van der Waals surface area contributed by atoms with E-state index >= 15 is 0 Å². The molecule has 4 nitrogen and oxygen atoms in total. The van der Waals surface area contributed by atoms with Gasteiger partial charge in [0.25, 0.3) is 10.0 Å². The van der Waals surface area contributed by atoms with Crippen molar-refractivity contribution in [2.45, 2.75) is 24.2 Å². The molecule has 3 aromatic rings. The molecule has 0 amide bonds. The molecular weight excluding hydrogens is 308 g/mol. The van der Waals surface area contributed by atoms with Crippen LogP contribution < -0.4 is 4.72 Å². The summed E-state index contributed by atoms with van der Waals surface area (Å²) in [6.07, 6.45) is 4.84. The lowest BCUT2D eigenvalue weighted by molar-refractivity contribution is 0.602. The van der Waals surface area contributed by atoms with Crippen LogP contribution in [0.2, 0.25) is 0 Å². The van der Waals surface area contributed by atoms with Gasteiger partial charge in [0.2, 0.25) is 0 Å². The summed E-state index contributed by atoms with van der Waals surface area (Å²) in [5.74, 6) is 0. The van der Waals surface area contributed by atoms with E-state index in [-0.39, 0.29) is 4.90 Å². The van der Waals surface area contributed by atoms with Gasteiger partial charge in [0, 0.05) is 17.3 Å². The number of para-hydroxylation sites is 1. The normalized spacial score (nSPS) is 13.9. The lowest BCUT2D eigenvalue weighted by atomic mass is 10.1. The third-order valence-corrected chi connectivity index (χ3v) is 5.65. The molecule has 1 N–H and O–H groups in total. The summed E-state index contributed by atoms with van der Waals surface area (Å²) in [6.45, 7) is 0.